The largest absolute Gasteiger partial charge is 0.354 e. The minimum absolute atomic E-state index is 0.0660. The van der Waals surface area contributed by atoms with Crippen LogP contribution in [0.3, 0.4) is 0 Å². The summed E-state index contributed by atoms with van der Waals surface area (Å²) in [5, 5.41) is 3.63. The van der Waals surface area contributed by atoms with E-state index in [1.165, 1.54) is 9.80 Å². The van der Waals surface area contributed by atoms with Gasteiger partial charge in [0, 0.05) is 26.1 Å². The lowest BCUT2D eigenvalue weighted by Gasteiger charge is -2.29. The van der Waals surface area contributed by atoms with Crippen LogP contribution in [0.25, 0.3) is 0 Å². The number of rotatable bonds is 10. The second-order valence-corrected chi connectivity index (χ2v) is 9.81. The first kappa shape index (κ1) is 26.7. The Morgan fingerprint density at radius 2 is 1.60 bits per heavy atom. The Labute approximate surface area is 215 Å². The molecule has 0 saturated heterocycles. The van der Waals surface area contributed by atoms with Gasteiger partial charge in [0.05, 0.1) is 21.2 Å². The van der Waals surface area contributed by atoms with Crippen LogP contribution in [0.2, 0.25) is 10.0 Å². The summed E-state index contributed by atoms with van der Waals surface area (Å²) in [6, 6.07) is 11.0. The van der Waals surface area contributed by atoms with Gasteiger partial charge in [0.1, 0.15) is 6.04 Å². The van der Waals surface area contributed by atoms with Crippen LogP contribution in [-0.4, -0.2) is 52.6 Å². The Bertz CT molecular complexity index is 1100. The molecule has 2 aromatic carbocycles. The second kappa shape index (κ2) is 11.7. The zero-order valence-corrected chi connectivity index (χ0v) is 21.5. The molecule has 1 N–H and O–H groups in total. The molecule has 186 valence electrons. The summed E-state index contributed by atoms with van der Waals surface area (Å²) in [6.45, 7) is 6.43. The number of nitrogens with zero attached hydrogens (tertiary/aromatic N) is 2. The summed E-state index contributed by atoms with van der Waals surface area (Å²) in [5.74, 6) is -0.961. The molecule has 2 aromatic rings. The van der Waals surface area contributed by atoms with E-state index in [4.69, 9.17) is 23.2 Å². The summed E-state index contributed by atoms with van der Waals surface area (Å²) >= 11 is 12.2. The van der Waals surface area contributed by atoms with E-state index >= 15 is 0 Å². The molecule has 1 aliphatic heterocycles. The van der Waals surface area contributed by atoms with Crippen molar-refractivity contribution < 1.29 is 19.2 Å². The van der Waals surface area contributed by atoms with Gasteiger partial charge in [0.15, 0.2) is 0 Å². The van der Waals surface area contributed by atoms with Gasteiger partial charge in [-0.2, -0.15) is 0 Å². The average molecular weight is 518 g/mol. The summed E-state index contributed by atoms with van der Waals surface area (Å²) in [7, 11) is 0. The molecule has 0 bridgehead atoms. The molecule has 0 radical (unpaired) electrons. The third kappa shape index (κ3) is 6.41. The van der Waals surface area contributed by atoms with E-state index in [2.05, 4.69) is 5.32 Å². The summed E-state index contributed by atoms with van der Waals surface area (Å²) in [4.78, 5) is 53.8. The van der Waals surface area contributed by atoms with Gasteiger partial charge >= 0.3 is 0 Å². The van der Waals surface area contributed by atoms with Gasteiger partial charge in [-0.25, -0.2) is 0 Å². The van der Waals surface area contributed by atoms with Gasteiger partial charge in [0.2, 0.25) is 11.8 Å². The highest BCUT2D eigenvalue weighted by Crippen LogP contribution is 2.25. The van der Waals surface area contributed by atoms with Crippen molar-refractivity contribution in [2.45, 2.75) is 46.2 Å². The number of hydrogen-bond acceptors (Lipinski definition) is 4. The van der Waals surface area contributed by atoms with Gasteiger partial charge < -0.3 is 10.2 Å². The molecular formula is C26H29Cl2N3O4. The predicted molar refractivity (Wildman–Crippen MR) is 135 cm³/mol. The van der Waals surface area contributed by atoms with Crippen molar-refractivity contribution >= 4 is 46.8 Å². The molecule has 9 heteroatoms. The monoisotopic (exact) mass is 517 g/mol. The Morgan fingerprint density at radius 1 is 0.971 bits per heavy atom. The van der Waals surface area contributed by atoms with Crippen molar-refractivity contribution in [3.8, 4) is 0 Å². The molecule has 7 nitrogen and oxygen atoms in total. The number of fused-ring (bicyclic) bond motifs is 1. The first-order valence-corrected chi connectivity index (χ1v) is 12.3. The minimum atomic E-state index is -0.727. The van der Waals surface area contributed by atoms with Crippen LogP contribution >= 0.6 is 23.2 Å². The van der Waals surface area contributed by atoms with Gasteiger partial charge in [-0.3, -0.25) is 24.1 Å². The van der Waals surface area contributed by atoms with E-state index in [9.17, 15) is 19.2 Å². The Hall–Kier alpha value is -2.90. The quantitative estimate of drug-likeness (QED) is 0.468. The van der Waals surface area contributed by atoms with Crippen LogP contribution in [-0.2, 0) is 16.1 Å². The van der Waals surface area contributed by atoms with Crippen molar-refractivity contribution in [1.29, 1.82) is 0 Å². The van der Waals surface area contributed by atoms with Crippen LogP contribution in [0, 0.1) is 5.92 Å². The fraction of sp³-hybridized carbons (Fsp3) is 0.385. The third-order valence-corrected chi connectivity index (χ3v) is 6.58. The Kier molecular flexibility index (Phi) is 8.92. The van der Waals surface area contributed by atoms with Crippen molar-refractivity contribution in [2.24, 2.45) is 5.92 Å². The molecule has 0 aromatic heterocycles. The molecule has 0 saturated carbocycles. The SMILES string of the molecule is CC(C)CNC(=O)[C@@H](C)N(Cc1ccc(Cl)c(Cl)c1)C(=O)CCCN1C(=O)c2ccccc2C1=O. The highest BCUT2D eigenvalue weighted by molar-refractivity contribution is 6.42. The van der Waals surface area contributed by atoms with Crippen molar-refractivity contribution in [3.63, 3.8) is 0 Å². The summed E-state index contributed by atoms with van der Waals surface area (Å²) < 4.78 is 0. The maximum absolute atomic E-state index is 13.2. The van der Waals surface area contributed by atoms with E-state index in [0.717, 1.165) is 5.56 Å². The topological polar surface area (TPSA) is 86.8 Å². The van der Waals surface area contributed by atoms with E-state index in [1.54, 1.807) is 49.4 Å². The van der Waals surface area contributed by atoms with Crippen molar-refractivity contribution in [1.82, 2.24) is 15.1 Å². The standard InChI is InChI=1S/C26H29Cl2N3O4/c1-16(2)14-29-24(33)17(3)31(15-18-10-11-21(27)22(28)13-18)23(32)9-6-12-30-25(34)19-7-4-5-8-20(19)26(30)35/h4-5,7-8,10-11,13,16-17H,6,9,12,14-15H2,1-3H3,(H,29,33)/t17-/m1/s1. The Morgan fingerprint density at radius 3 is 2.17 bits per heavy atom. The van der Waals surface area contributed by atoms with Gasteiger partial charge in [-0.1, -0.05) is 55.2 Å². The lowest BCUT2D eigenvalue weighted by molar-refractivity contribution is -0.140. The number of nitrogens with one attached hydrogen (secondary N) is 1. The number of carbonyl (C=O) groups is 4. The molecule has 1 aliphatic rings. The van der Waals surface area contributed by atoms with E-state index < -0.39 is 6.04 Å². The second-order valence-electron chi connectivity index (χ2n) is 9.00. The first-order valence-electron chi connectivity index (χ1n) is 11.6. The van der Waals surface area contributed by atoms with E-state index in [-0.39, 0.29) is 55.5 Å². The Balaban J connectivity index is 1.68. The fourth-order valence-electron chi connectivity index (χ4n) is 3.84. The van der Waals surface area contributed by atoms with Crippen molar-refractivity contribution in [3.05, 3.63) is 69.2 Å². The number of imide groups is 1. The van der Waals surface area contributed by atoms with E-state index in [1.807, 2.05) is 13.8 Å². The molecule has 0 fully saturated rings. The molecule has 3 rings (SSSR count). The average Bonchev–Trinajstić information content (AvgIpc) is 3.07. The number of amides is 4. The zero-order valence-electron chi connectivity index (χ0n) is 20.0. The molecule has 35 heavy (non-hydrogen) atoms. The maximum Gasteiger partial charge on any atom is 0.261 e. The van der Waals surface area contributed by atoms with Gasteiger partial charge in [-0.05, 0) is 49.1 Å². The number of hydrogen-bond donors (Lipinski definition) is 1. The molecule has 0 aliphatic carbocycles. The first-order chi connectivity index (χ1) is 16.6. The van der Waals surface area contributed by atoms with E-state index in [0.29, 0.717) is 27.7 Å². The van der Waals surface area contributed by atoms with Gasteiger partial charge in [0.25, 0.3) is 11.8 Å². The number of carbonyl (C=O) groups excluding carboxylic acids is 4. The molecule has 1 atom stereocenters. The summed E-state index contributed by atoms with van der Waals surface area (Å²) in [6.07, 6.45) is 0.346. The molecule has 4 amide bonds. The lowest BCUT2D eigenvalue weighted by atomic mass is 10.1. The van der Waals surface area contributed by atoms with Crippen LogP contribution in [0.5, 0.6) is 0 Å². The van der Waals surface area contributed by atoms with Crippen LogP contribution in [0.1, 0.15) is 59.9 Å². The normalized spacial score (nSPS) is 13.7. The van der Waals surface area contributed by atoms with Gasteiger partial charge in [-0.15, -0.1) is 0 Å². The molecule has 1 heterocycles. The third-order valence-electron chi connectivity index (χ3n) is 5.84. The van der Waals surface area contributed by atoms with Crippen LogP contribution in [0.15, 0.2) is 42.5 Å². The van der Waals surface area contributed by atoms with Crippen LogP contribution in [0.4, 0.5) is 0 Å². The number of benzene rings is 2. The smallest absolute Gasteiger partial charge is 0.261 e. The lowest BCUT2D eigenvalue weighted by Crippen LogP contribution is -2.48. The molecular weight excluding hydrogens is 489 g/mol. The zero-order chi connectivity index (χ0) is 25.7. The molecule has 0 unspecified atom stereocenters. The predicted octanol–water partition coefficient (Wildman–Crippen LogP) is 4.56. The molecule has 0 spiro atoms. The summed E-state index contributed by atoms with van der Waals surface area (Å²) in [5.41, 5.74) is 1.48. The minimum Gasteiger partial charge on any atom is -0.354 e. The number of halogens is 2. The van der Waals surface area contributed by atoms with Crippen molar-refractivity contribution in [2.75, 3.05) is 13.1 Å². The van der Waals surface area contributed by atoms with Crippen LogP contribution < -0.4 is 5.32 Å². The highest BCUT2D eigenvalue weighted by Gasteiger charge is 2.35. The highest BCUT2D eigenvalue weighted by atomic mass is 35.5. The fourth-order valence-corrected chi connectivity index (χ4v) is 4.16. The maximum atomic E-state index is 13.2.